The van der Waals surface area contributed by atoms with Crippen LogP contribution in [0.5, 0.6) is 17.2 Å². The summed E-state index contributed by atoms with van der Waals surface area (Å²) in [5.41, 5.74) is 2.00. The van der Waals surface area contributed by atoms with Crippen molar-refractivity contribution in [3.8, 4) is 17.2 Å². The minimum absolute atomic E-state index is 0.288. The molecule has 0 radical (unpaired) electrons. The van der Waals surface area contributed by atoms with Gasteiger partial charge in [0.1, 0.15) is 17.2 Å². The molecule has 0 aromatic heterocycles. The van der Waals surface area contributed by atoms with Crippen molar-refractivity contribution in [3.63, 3.8) is 0 Å². The van der Waals surface area contributed by atoms with Crippen molar-refractivity contribution in [1.29, 1.82) is 0 Å². The Kier molecular flexibility index (Phi) is 5.16. The van der Waals surface area contributed by atoms with Crippen molar-refractivity contribution < 1.29 is 23.8 Å². The molecule has 1 aliphatic heterocycles. The van der Waals surface area contributed by atoms with Crippen molar-refractivity contribution in [2.45, 2.75) is 12.5 Å². The van der Waals surface area contributed by atoms with Gasteiger partial charge in [0.05, 0.1) is 12.7 Å². The first-order valence-corrected chi connectivity index (χ1v) is 9.15. The summed E-state index contributed by atoms with van der Waals surface area (Å²) in [6, 6.07) is 21.1. The van der Waals surface area contributed by atoms with Gasteiger partial charge in [-0.05, 0) is 48.0 Å². The van der Waals surface area contributed by atoms with E-state index in [9.17, 15) is 9.59 Å². The van der Waals surface area contributed by atoms with Gasteiger partial charge in [-0.2, -0.15) is 0 Å². The van der Waals surface area contributed by atoms with Crippen LogP contribution in [0.15, 0.2) is 72.8 Å². The zero-order valence-electron chi connectivity index (χ0n) is 15.8. The van der Waals surface area contributed by atoms with Crippen LogP contribution in [0.1, 0.15) is 15.9 Å². The average molecular weight is 389 g/mol. The summed E-state index contributed by atoms with van der Waals surface area (Å²) < 4.78 is 16.3. The smallest absolute Gasteiger partial charge is 0.353 e. The van der Waals surface area contributed by atoms with E-state index in [0.29, 0.717) is 34.9 Å². The van der Waals surface area contributed by atoms with Gasteiger partial charge in [-0.1, -0.05) is 30.3 Å². The molecule has 6 heteroatoms. The van der Waals surface area contributed by atoms with Crippen molar-refractivity contribution in [1.82, 2.24) is 0 Å². The van der Waals surface area contributed by atoms with Crippen molar-refractivity contribution in [2.24, 2.45) is 0 Å². The number of rotatable bonds is 5. The Bertz CT molecular complexity index is 1020. The lowest BCUT2D eigenvalue weighted by Gasteiger charge is -2.11. The number of nitrogens with one attached hydrogen (secondary N) is 1. The lowest BCUT2D eigenvalue weighted by molar-refractivity contribution is -0.141. The zero-order chi connectivity index (χ0) is 20.2. The highest BCUT2D eigenvalue weighted by molar-refractivity contribution is 6.06. The van der Waals surface area contributed by atoms with Crippen molar-refractivity contribution >= 4 is 17.6 Å². The molecule has 1 atom stereocenters. The van der Waals surface area contributed by atoms with Crippen LogP contribution in [-0.4, -0.2) is 25.1 Å². The normalized spacial score (nSPS) is 14.4. The van der Waals surface area contributed by atoms with Crippen LogP contribution in [0.25, 0.3) is 0 Å². The van der Waals surface area contributed by atoms with Gasteiger partial charge in [-0.15, -0.1) is 0 Å². The van der Waals surface area contributed by atoms with Gasteiger partial charge < -0.3 is 19.5 Å². The van der Waals surface area contributed by atoms with E-state index in [4.69, 9.17) is 14.2 Å². The molecule has 146 valence electrons. The molecule has 0 saturated heterocycles. The SMILES string of the molecule is COc1ccccc1C(=O)Nc1ccc(OC(=O)C2Cc3ccccc3O2)cc1. The molecule has 0 aliphatic carbocycles. The summed E-state index contributed by atoms with van der Waals surface area (Å²) in [7, 11) is 1.52. The van der Waals surface area contributed by atoms with Crippen LogP contribution < -0.4 is 19.5 Å². The summed E-state index contributed by atoms with van der Waals surface area (Å²) in [4.78, 5) is 24.8. The third-order valence-electron chi connectivity index (χ3n) is 4.59. The molecule has 0 saturated carbocycles. The third kappa shape index (κ3) is 4.06. The van der Waals surface area contributed by atoms with Gasteiger partial charge in [0.2, 0.25) is 0 Å². The maximum atomic E-state index is 12.4. The zero-order valence-corrected chi connectivity index (χ0v) is 15.8. The Labute approximate surface area is 168 Å². The Morgan fingerprint density at radius 2 is 1.69 bits per heavy atom. The van der Waals surface area contributed by atoms with E-state index >= 15 is 0 Å². The minimum Gasteiger partial charge on any atom is -0.496 e. The largest absolute Gasteiger partial charge is 0.496 e. The molecular formula is C23H19NO5. The molecule has 1 N–H and O–H groups in total. The van der Waals surface area contributed by atoms with Crippen molar-refractivity contribution in [2.75, 3.05) is 12.4 Å². The molecule has 1 aliphatic rings. The number of anilines is 1. The number of carbonyl (C=O) groups is 2. The maximum absolute atomic E-state index is 12.4. The molecule has 4 rings (SSSR count). The molecule has 0 bridgehead atoms. The van der Waals surface area contributed by atoms with Crippen LogP contribution in [0, 0.1) is 0 Å². The van der Waals surface area contributed by atoms with Crippen molar-refractivity contribution in [3.05, 3.63) is 83.9 Å². The van der Waals surface area contributed by atoms with E-state index in [1.807, 2.05) is 24.3 Å². The van der Waals surface area contributed by atoms with E-state index in [1.165, 1.54) is 7.11 Å². The predicted octanol–water partition coefficient (Wildman–Crippen LogP) is 3.86. The Morgan fingerprint density at radius 1 is 0.966 bits per heavy atom. The lowest BCUT2D eigenvalue weighted by Crippen LogP contribution is -2.29. The average Bonchev–Trinajstić information content (AvgIpc) is 3.19. The highest BCUT2D eigenvalue weighted by Crippen LogP contribution is 2.29. The fraction of sp³-hybridized carbons (Fsp3) is 0.130. The molecule has 1 heterocycles. The number of methoxy groups -OCH3 is 1. The van der Waals surface area contributed by atoms with Crippen LogP contribution >= 0.6 is 0 Å². The monoisotopic (exact) mass is 389 g/mol. The topological polar surface area (TPSA) is 73.9 Å². The van der Waals surface area contributed by atoms with Gasteiger partial charge >= 0.3 is 5.97 Å². The fourth-order valence-corrected chi connectivity index (χ4v) is 3.13. The Morgan fingerprint density at radius 3 is 2.45 bits per heavy atom. The minimum atomic E-state index is -0.655. The van der Waals surface area contributed by atoms with E-state index in [-0.39, 0.29) is 5.91 Å². The summed E-state index contributed by atoms with van der Waals surface area (Å²) in [6.07, 6.45) is -0.167. The van der Waals surface area contributed by atoms with E-state index < -0.39 is 12.1 Å². The first-order chi connectivity index (χ1) is 14.1. The second-order valence-corrected chi connectivity index (χ2v) is 6.52. The second kappa shape index (κ2) is 8.06. The highest BCUT2D eigenvalue weighted by Gasteiger charge is 2.30. The molecule has 1 unspecified atom stereocenters. The molecular weight excluding hydrogens is 370 g/mol. The number of carbonyl (C=O) groups excluding carboxylic acids is 2. The second-order valence-electron chi connectivity index (χ2n) is 6.52. The van der Waals surface area contributed by atoms with Crippen LogP contribution in [0.3, 0.4) is 0 Å². The number of benzene rings is 3. The summed E-state index contributed by atoms with van der Waals surface area (Å²) >= 11 is 0. The molecule has 29 heavy (non-hydrogen) atoms. The number of ether oxygens (including phenoxy) is 3. The van der Waals surface area contributed by atoms with Gasteiger partial charge in [-0.3, -0.25) is 4.79 Å². The first-order valence-electron chi connectivity index (χ1n) is 9.15. The number of hydrogen-bond acceptors (Lipinski definition) is 5. The van der Waals surface area contributed by atoms with Gasteiger partial charge in [0.15, 0.2) is 6.10 Å². The highest BCUT2D eigenvalue weighted by atomic mass is 16.6. The maximum Gasteiger partial charge on any atom is 0.353 e. The fourth-order valence-electron chi connectivity index (χ4n) is 3.13. The lowest BCUT2D eigenvalue weighted by atomic mass is 10.1. The summed E-state index contributed by atoms with van der Waals surface area (Å²) in [6.45, 7) is 0. The number of amides is 1. The van der Waals surface area contributed by atoms with Crippen LogP contribution in [0.2, 0.25) is 0 Å². The Balaban J connectivity index is 1.37. The Hall–Kier alpha value is -3.80. The molecule has 3 aromatic rings. The standard InChI is InChI=1S/C23H19NO5/c1-27-20-9-5-3-7-18(20)22(25)24-16-10-12-17(13-11-16)28-23(26)21-14-15-6-2-4-8-19(15)29-21/h2-13,21H,14H2,1H3,(H,24,25). The quantitative estimate of drug-likeness (QED) is 0.530. The number of hydrogen-bond donors (Lipinski definition) is 1. The van der Waals surface area contributed by atoms with E-state index in [0.717, 1.165) is 5.56 Å². The van der Waals surface area contributed by atoms with E-state index in [2.05, 4.69) is 5.32 Å². The predicted molar refractivity (Wildman–Crippen MR) is 108 cm³/mol. The first kappa shape index (κ1) is 18.6. The molecule has 1 amide bonds. The summed E-state index contributed by atoms with van der Waals surface area (Å²) in [5.74, 6) is 0.845. The van der Waals surface area contributed by atoms with Crippen LogP contribution in [0.4, 0.5) is 5.69 Å². The third-order valence-corrected chi connectivity index (χ3v) is 4.59. The molecule has 0 fully saturated rings. The molecule has 6 nitrogen and oxygen atoms in total. The number of fused-ring (bicyclic) bond motifs is 1. The van der Waals surface area contributed by atoms with E-state index in [1.54, 1.807) is 48.5 Å². The number of para-hydroxylation sites is 2. The van der Waals surface area contributed by atoms with Gasteiger partial charge in [0, 0.05) is 12.1 Å². The number of esters is 1. The summed E-state index contributed by atoms with van der Waals surface area (Å²) in [5, 5.41) is 2.80. The van der Waals surface area contributed by atoms with Crippen LogP contribution in [-0.2, 0) is 11.2 Å². The van der Waals surface area contributed by atoms with Gasteiger partial charge in [0.25, 0.3) is 5.91 Å². The molecule has 0 spiro atoms. The van der Waals surface area contributed by atoms with Gasteiger partial charge in [-0.25, -0.2) is 4.79 Å². The molecule has 3 aromatic carbocycles.